The number of carbonyl (C=O) groups is 1. The highest BCUT2D eigenvalue weighted by Gasteiger charge is 2.26. The van der Waals surface area contributed by atoms with Gasteiger partial charge < -0.3 is 5.32 Å². The van der Waals surface area contributed by atoms with Crippen LogP contribution in [0.1, 0.15) is 23.2 Å². The minimum absolute atomic E-state index is 0.106. The third-order valence-electron chi connectivity index (χ3n) is 3.26. The van der Waals surface area contributed by atoms with Gasteiger partial charge in [-0.3, -0.25) is 4.79 Å². The molecule has 0 aromatic heterocycles. The zero-order valence-corrected chi connectivity index (χ0v) is 11.6. The molecule has 1 aromatic rings. The van der Waals surface area contributed by atoms with E-state index >= 15 is 0 Å². The third kappa shape index (κ3) is 3.75. The molecule has 0 atom stereocenters. The Balaban J connectivity index is 1.89. The molecule has 0 spiro atoms. The van der Waals surface area contributed by atoms with Crippen LogP contribution in [0.25, 0.3) is 0 Å². The highest BCUT2D eigenvalue weighted by molar-refractivity contribution is 7.86. The molecule has 6 nitrogen and oxygen atoms in total. The molecule has 1 aliphatic heterocycles. The van der Waals surface area contributed by atoms with Crippen LogP contribution in [-0.4, -0.2) is 37.8 Å². The SMILES string of the molecule is NS(=O)(=O)N1CCC(NC(=O)c2ccc(F)cc2)CC1. The van der Waals surface area contributed by atoms with Gasteiger partial charge in [-0.2, -0.15) is 12.7 Å². The number of nitrogens with two attached hydrogens (primary N) is 1. The standard InChI is InChI=1S/C12H16FN3O3S/c13-10-3-1-9(2-4-10)12(17)15-11-5-7-16(8-6-11)20(14,18)19/h1-4,11H,5-8H2,(H,15,17)(H2,14,18,19). The van der Waals surface area contributed by atoms with Crippen LogP contribution in [0.4, 0.5) is 4.39 Å². The normalized spacial score (nSPS) is 17.9. The summed E-state index contributed by atoms with van der Waals surface area (Å²) >= 11 is 0. The molecule has 1 amide bonds. The zero-order valence-electron chi connectivity index (χ0n) is 10.8. The lowest BCUT2D eigenvalue weighted by molar-refractivity contribution is 0.0924. The number of amides is 1. The van der Waals surface area contributed by atoms with Crippen molar-refractivity contribution in [2.45, 2.75) is 18.9 Å². The molecule has 0 saturated carbocycles. The molecule has 1 saturated heterocycles. The second-order valence-electron chi connectivity index (χ2n) is 4.70. The predicted octanol–water partition coefficient (Wildman–Crippen LogP) is 0.223. The Morgan fingerprint density at radius 2 is 1.80 bits per heavy atom. The van der Waals surface area contributed by atoms with E-state index in [1.807, 2.05) is 0 Å². The molecule has 20 heavy (non-hydrogen) atoms. The lowest BCUT2D eigenvalue weighted by atomic mass is 10.1. The molecule has 110 valence electrons. The molecule has 8 heteroatoms. The summed E-state index contributed by atoms with van der Waals surface area (Å²) < 4.78 is 36.2. The van der Waals surface area contributed by atoms with Crippen molar-refractivity contribution in [3.8, 4) is 0 Å². The van der Waals surface area contributed by atoms with Crippen molar-refractivity contribution in [1.29, 1.82) is 0 Å². The summed E-state index contributed by atoms with van der Waals surface area (Å²) in [4.78, 5) is 11.9. The van der Waals surface area contributed by atoms with E-state index in [1.165, 1.54) is 28.6 Å². The molecule has 0 unspecified atom stereocenters. The Morgan fingerprint density at radius 3 is 2.30 bits per heavy atom. The summed E-state index contributed by atoms with van der Waals surface area (Å²) in [5.41, 5.74) is 0.375. The van der Waals surface area contributed by atoms with Crippen molar-refractivity contribution >= 4 is 16.1 Å². The Morgan fingerprint density at radius 1 is 1.25 bits per heavy atom. The minimum atomic E-state index is -3.66. The summed E-state index contributed by atoms with van der Waals surface area (Å²) in [6, 6.07) is 5.15. The van der Waals surface area contributed by atoms with Gasteiger partial charge >= 0.3 is 0 Å². The van der Waals surface area contributed by atoms with E-state index in [0.717, 1.165) is 0 Å². The van der Waals surface area contributed by atoms with E-state index in [4.69, 9.17) is 5.14 Å². The second-order valence-corrected chi connectivity index (χ2v) is 6.24. The summed E-state index contributed by atoms with van der Waals surface area (Å²) in [6.45, 7) is 0.570. The molecule has 1 fully saturated rings. The molecule has 3 N–H and O–H groups in total. The number of hydrogen-bond donors (Lipinski definition) is 2. The van der Waals surface area contributed by atoms with Gasteiger partial charge in [-0.05, 0) is 37.1 Å². The van der Waals surface area contributed by atoms with Gasteiger partial charge in [0, 0.05) is 24.7 Å². The van der Waals surface area contributed by atoms with E-state index in [-0.39, 0.29) is 25.0 Å². The van der Waals surface area contributed by atoms with Crippen LogP contribution in [0.2, 0.25) is 0 Å². The van der Waals surface area contributed by atoms with Crippen molar-refractivity contribution in [2.24, 2.45) is 5.14 Å². The average molecular weight is 301 g/mol. The van der Waals surface area contributed by atoms with Gasteiger partial charge in [0.25, 0.3) is 16.1 Å². The fourth-order valence-electron chi connectivity index (χ4n) is 2.12. The van der Waals surface area contributed by atoms with Gasteiger partial charge in [0.1, 0.15) is 5.82 Å². The number of carbonyl (C=O) groups excluding carboxylic acids is 1. The highest BCUT2D eigenvalue weighted by atomic mass is 32.2. The van der Waals surface area contributed by atoms with E-state index in [9.17, 15) is 17.6 Å². The summed E-state index contributed by atoms with van der Waals surface area (Å²) in [7, 11) is -3.66. The number of nitrogens with zero attached hydrogens (tertiary/aromatic N) is 1. The Labute approximate surface area is 116 Å². The first kappa shape index (κ1) is 14.9. The van der Waals surface area contributed by atoms with E-state index in [2.05, 4.69) is 5.32 Å². The van der Waals surface area contributed by atoms with Crippen LogP contribution in [0.3, 0.4) is 0 Å². The van der Waals surface area contributed by atoms with Gasteiger partial charge in [0.05, 0.1) is 0 Å². The van der Waals surface area contributed by atoms with Crippen molar-refractivity contribution in [2.75, 3.05) is 13.1 Å². The molecular weight excluding hydrogens is 285 g/mol. The summed E-state index contributed by atoms with van der Waals surface area (Å²) in [5, 5.41) is 7.84. The topological polar surface area (TPSA) is 92.5 Å². The fourth-order valence-corrected chi connectivity index (χ4v) is 2.84. The molecule has 1 aromatic carbocycles. The maximum atomic E-state index is 12.8. The summed E-state index contributed by atoms with van der Waals surface area (Å²) in [5.74, 6) is -0.693. The van der Waals surface area contributed by atoms with E-state index in [1.54, 1.807) is 0 Å². The predicted molar refractivity (Wildman–Crippen MR) is 71.6 cm³/mol. The number of nitrogens with one attached hydrogen (secondary N) is 1. The molecule has 0 radical (unpaired) electrons. The van der Waals surface area contributed by atoms with Gasteiger partial charge in [-0.1, -0.05) is 0 Å². The highest BCUT2D eigenvalue weighted by Crippen LogP contribution is 2.13. The number of piperidine rings is 1. The van der Waals surface area contributed by atoms with Crippen LogP contribution in [0.5, 0.6) is 0 Å². The van der Waals surface area contributed by atoms with Gasteiger partial charge in [-0.15, -0.1) is 0 Å². The quantitative estimate of drug-likeness (QED) is 0.836. The van der Waals surface area contributed by atoms with Crippen LogP contribution in [0.15, 0.2) is 24.3 Å². The van der Waals surface area contributed by atoms with Crippen LogP contribution in [0, 0.1) is 5.82 Å². The second kappa shape index (κ2) is 5.86. The van der Waals surface area contributed by atoms with Crippen LogP contribution >= 0.6 is 0 Å². The van der Waals surface area contributed by atoms with Crippen LogP contribution < -0.4 is 10.5 Å². The summed E-state index contributed by atoms with van der Waals surface area (Å²) in [6.07, 6.45) is 1.01. The maximum absolute atomic E-state index is 12.8. The first-order valence-corrected chi connectivity index (χ1v) is 7.71. The van der Waals surface area contributed by atoms with Crippen molar-refractivity contribution in [1.82, 2.24) is 9.62 Å². The number of benzene rings is 1. The number of halogens is 1. The molecule has 0 bridgehead atoms. The molecule has 1 aliphatic rings. The number of rotatable bonds is 3. The van der Waals surface area contributed by atoms with Crippen LogP contribution in [-0.2, 0) is 10.2 Å². The Kier molecular flexibility index (Phi) is 4.36. The zero-order chi connectivity index (χ0) is 14.8. The lowest BCUT2D eigenvalue weighted by Crippen LogP contribution is -2.48. The van der Waals surface area contributed by atoms with Crippen molar-refractivity contribution < 1.29 is 17.6 Å². The molecular formula is C12H16FN3O3S. The minimum Gasteiger partial charge on any atom is -0.349 e. The largest absolute Gasteiger partial charge is 0.349 e. The van der Waals surface area contributed by atoms with Crippen molar-refractivity contribution in [3.05, 3.63) is 35.6 Å². The first-order chi connectivity index (χ1) is 9.36. The molecule has 1 heterocycles. The average Bonchev–Trinajstić information content (AvgIpc) is 2.39. The molecule has 0 aliphatic carbocycles. The monoisotopic (exact) mass is 301 g/mol. The smallest absolute Gasteiger partial charge is 0.276 e. The van der Waals surface area contributed by atoms with Gasteiger partial charge in [0.2, 0.25) is 0 Å². The van der Waals surface area contributed by atoms with Crippen molar-refractivity contribution in [3.63, 3.8) is 0 Å². The maximum Gasteiger partial charge on any atom is 0.276 e. The fraction of sp³-hybridized carbons (Fsp3) is 0.417. The van der Waals surface area contributed by atoms with E-state index < -0.39 is 16.0 Å². The first-order valence-electron chi connectivity index (χ1n) is 6.20. The van der Waals surface area contributed by atoms with Gasteiger partial charge in [0.15, 0.2) is 0 Å². The Bertz CT molecular complexity index is 580. The lowest BCUT2D eigenvalue weighted by Gasteiger charge is -2.30. The van der Waals surface area contributed by atoms with E-state index in [0.29, 0.717) is 18.4 Å². The van der Waals surface area contributed by atoms with Gasteiger partial charge in [-0.25, -0.2) is 9.53 Å². The molecule has 2 rings (SSSR count). The Hall–Kier alpha value is -1.51. The number of hydrogen-bond acceptors (Lipinski definition) is 3. The third-order valence-corrected chi connectivity index (χ3v) is 4.34.